The van der Waals surface area contributed by atoms with Crippen LogP contribution in [0.15, 0.2) is 18.2 Å². The first-order valence-corrected chi connectivity index (χ1v) is 5.39. The van der Waals surface area contributed by atoms with Gasteiger partial charge in [0.05, 0.1) is 6.10 Å². The summed E-state index contributed by atoms with van der Waals surface area (Å²) in [6.45, 7) is 3.88. The van der Waals surface area contributed by atoms with Gasteiger partial charge < -0.3 is 5.11 Å². The molecule has 0 bridgehead atoms. The van der Waals surface area contributed by atoms with Gasteiger partial charge in [0, 0.05) is 10.4 Å². The molecular formula is C12H15ClO. The summed E-state index contributed by atoms with van der Waals surface area (Å²) in [7, 11) is 0. The zero-order chi connectivity index (χ0) is 10.3. The number of benzene rings is 1. The van der Waals surface area contributed by atoms with E-state index in [4.69, 9.17) is 11.6 Å². The molecule has 0 aliphatic heterocycles. The van der Waals surface area contributed by atoms with Crippen LogP contribution in [0.1, 0.15) is 30.9 Å². The zero-order valence-electron chi connectivity index (χ0n) is 8.55. The van der Waals surface area contributed by atoms with Crippen molar-refractivity contribution in [3.05, 3.63) is 34.3 Å². The Bertz CT molecular complexity index is 353. The molecule has 0 amide bonds. The van der Waals surface area contributed by atoms with Crippen LogP contribution < -0.4 is 0 Å². The number of hydrogen-bond donors (Lipinski definition) is 1. The molecule has 0 heterocycles. The van der Waals surface area contributed by atoms with Crippen LogP contribution in [0, 0.1) is 6.92 Å². The van der Waals surface area contributed by atoms with Crippen molar-refractivity contribution in [3.8, 4) is 0 Å². The van der Waals surface area contributed by atoms with E-state index in [1.165, 1.54) is 5.56 Å². The summed E-state index contributed by atoms with van der Waals surface area (Å²) in [5, 5.41) is 10.5. The Morgan fingerprint density at radius 3 is 2.50 bits per heavy atom. The first kappa shape index (κ1) is 10.0. The largest absolute Gasteiger partial charge is 0.392 e. The highest BCUT2D eigenvalue weighted by atomic mass is 35.5. The molecule has 1 atom stereocenters. The van der Waals surface area contributed by atoms with E-state index < -0.39 is 0 Å². The second-order valence-electron chi connectivity index (χ2n) is 4.32. The first-order chi connectivity index (χ1) is 6.56. The molecule has 1 aromatic rings. The molecule has 0 saturated heterocycles. The van der Waals surface area contributed by atoms with E-state index in [0.29, 0.717) is 0 Å². The fourth-order valence-electron chi connectivity index (χ4n) is 2.07. The molecule has 2 rings (SSSR count). The van der Waals surface area contributed by atoms with Crippen LogP contribution in [0.25, 0.3) is 0 Å². The molecule has 1 unspecified atom stereocenters. The summed E-state index contributed by atoms with van der Waals surface area (Å²) in [5.41, 5.74) is 2.23. The second kappa shape index (κ2) is 3.25. The molecule has 0 radical (unpaired) electrons. The van der Waals surface area contributed by atoms with Crippen molar-refractivity contribution >= 4 is 11.6 Å². The molecule has 1 aliphatic carbocycles. The third-order valence-electron chi connectivity index (χ3n) is 3.25. The molecule has 0 spiro atoms. The summed E-state index contributed by atoms with van der Waals surface area (Å²) in [6, 6.07) is 6.08. The number of aryl methyl sites for hydroxylation is 1. The maximum atomic E-state index is 9.73. The van der Waals surface area contributed by atoms with E-state index >= 15 is 0 Å². The first-order valence-electron chi connectivity index (χ1n) is 5.01. The van der Waals surface area contributed by atoms with Gasteiger partial charge in [0.15, 0.2) is 0 Å². The van der Waals surface area contributed by atoms with Crippen LogP contribution in [-0.4, -0.2) is 11.2 Å². The van der Waals surface area contributed by atoms with E-state index in [1.54, 1.807) is 0 Å². The molecule has 1 aliphatic rings. The van der Waals surface area contributed by atoms with Crippen molar-refractivity contribution in [2.24, 2.45) is 0 Å². The Hall–Kier alpha value is -0.530. The molecule has 0 aromatic heterocycles. The molecule has 1 fully saturated rings. The Morgan fingerprint density at radius 2 is 2.07 bits per heavy atom. The molecule has 1 N–H and O–H groups in total. The van der Waals surface area contributed by atoms with Crippen LogP contribution in [-0.2, 0) is 5.41 Å². The third kappa shape index (κ3) is 1.45. The average molecular weight is 211 g/mol. The topological polar surface area (TPSA) is 20.2 Å². The smallest absolute Gasteiger partial charge is 0.0609 e. The van der Waals surface area contributed by atoms with Crippen molar-refractivity contribution in [2.75, 3.05) is 0 Å². The highest BCUT2D eigenvalue weighted by Crippen LogP contribution is 2.52. The minimum absolute atomic E-state index is 0.0508. The monoisotopic (exact) mass is 210 g/mol. The van der Waals surface area contributed by atoms with Gasteiger partial charge in [-0.15, -0.1) is 0 Å². The van der Waals surface area contributed by atoms with Gasteiger partial charge in [-0.25, -0.2) is 0 Å². The van der Waals surface area contributed by atoms with E-state index in [2.05, 4.69) is 12.1 Å². The van der Waals surface area contributed by atoms with E-state index in [9.17, 15) is 5.11 Å². The summed E-state index contributed by atoms with van der Waals surface area (Å²) >= 11 is 6.19. The maximum Gasteiger partial charge on any atom is 0.0609 e. The summed E-state index contributed by atoms with van der Waals surface area (Å²) in [6.07, 6.45) is 1.80. The molecule has 1 nitrogen and oxygen atoms in total. The van der Waals surface area contributed by atoms with Gasteiger partial charge in [-0.2, -0.15) is 0 Å². The standard InChI is InChI=1S/C12H15ClO/c1-8-3-4-10(11(13)7-8)12(5-6-12)9(2)14/h3-4,7,9,14H,5-6H2,1-2H3. The molecule has 2 heteroatoms. The summed E-state index contributed by atoms with van der Waals surface area (Å²) < 4.78 is 0. The number of hydrogen-bond acceptors (Lipinski definition) is 1. The quantitative estimate of drug-likeness (QED) is 0.796. The molecule has 1 saturated carbocycles. The van der Waals surface area contributed by atoms with Gasteiger partial charge in [-0.1, -0.05) is 23.7 Å². The summed E-state index contributed by atoms with van der Waals surface area (Å²) in [4.78, 5) is 0. The fourth-order valence-corrected chi connectivity index (χ4v) is 2.49. The van der Waals surface area contributed by atoms with Crippen molar-refractivity contribution in [1.82, 2.24) is 0 Å². The Labute approximate surface area is 89.7 Å². The number of aliphatic hydroxyl groups excluding tert-OH is 1. The maximum absolute atomic E-state index is 9.73. The van der Waals surface area contributed by atoms with Crippen molar-refractivity contribution < 1.29 is 5.11 Å². The zero-order valence-corrected chi connectivity index (χ0v) is 9.30. The van der Waals surface area contributed by atoms with Crippen LogP contribution in [0.2, 0.25) is 5.02 Å². The molecule has 14 heavy (non-hydrogen) atoms. The number of aliphatic hydroxyl groups is 1. The Kier molecular flexibility index (Phi) is 2.32. The van der Waals surface area contributed by atoms with Gasteiger partial charge in [-0.3, -0.25) is 0 Å². The van der Waals surface area contributed by atoms with Gasteiger partial charge in [0.2, 0.25) is 0 Å². The lowest BCUT2D eigenvalue weighted by Crippen LogP contribution is -2.22. The lowest BCUT2D eigenvalue weighted by molar-refractivity contribution is 0.151. The number of halogens is 1. The van der Waals surface area contributed by atoms with Gasteiger partial charge in [0.25, 0.3) is 0 Å². The normalized spacial score (nSPS) is 20.6. The van der Waals surface area contributed by atoms with Crippen LogP contribution in [0.5, 0.6) is 0 Å². The minimum Gasteiger partial charge on any atom is -0.392 e. The van der Waals surface area contributed by atoms with Gasteiger partial charge in [0.1, 0.15) is 0 Å². The Morgan fingerprint density at radius 1 is 1.43 bits per heavy atom. The Balaban J connectivity index is 2.42. The van der Waals surface area contributed by atoms with Crippen molar-refractivity contribution in [3.63, 3.8) is 0 Å². The number of rotatable bonds is 2. The predicted octanol–water partition coefficient (Wildman–Crippen LogP) is 3.06. The van der Waals surface area contributed by atoms with Crippen LogP contribution >= 0.6 is 11.6 Å². The molecule has 1 aromatic carbocycles. The minimum atomic E-state index is -0.303. The van der Waals surface area contributed by atoms with Crippen LogP contribution in [0.3, 0.4) is 0 Å². The SMILES string of the molecule is Cc1ccc(C2(C(C)O)CC2)c(Cl)c1. The van der Waals surface area contributed by atoms with Crippen molar-refractivity contribution in [1.29, 1.82) is 0 Å². The van der Waals surface area contributed by atoms with E-state index in [-0.39, 0.29) is 11.5 Å². The van der Waals surface area contributed by atoms with E-state index in [0.717, 1.165) is 23.4 Å². The predicted molar refractivity (Wildman–Crippen MR) is 58.8 cm³/mol. The van der Waals surface area contributed by atoms with Gasteiger partial charge in [-0.05, 0) is 43.9 Å². The average Bonchev–Trinajstić information content (AvgIpc) is 2.84. The second-order valence-corrected chi connectivity index (χ2v) is 4.72. The van der Waals surface area contributed by atoms with Crippen molar-refractivity contribution in [2.45, 2.75) is 38.2 Å². The lowest BCUT2D eigenvalue weighted by atomic mass is 9.90. The van der Waals surface area contributed by atoms with Gasteiger partial charge >= 0.3 is 0 Å². The fraction of sp³-hybridized carbons (Fsp3) is 0.500. The highest BCUT2D eigenvalue weighted by Gasteiger charge is 2.49. The summed E-state index contributed by atoms with van der Waals surface area (Å²) in [5.74, 6) is 0. The highest BCUT2D eigenvalue weighted by molar-refractivity contribution is 6.31. The lowest BCUT2D eigenvalue weighted by Gasteiger charge is -2.20. The van der Waals surface area contributed by atoms with Crippen LogP contribution in [0.4, 0.5) is 0 Å². The van der Waals surface area contributed by atoms with E-state index in [1.807, 2.05) is 19.9 Å². The third-order valence-corrected chi connectivity index (χ3v) is 3.56. The molecule has 76 valence electrons. The molecular weight excluding hydrogens is 196 g/mol.